The van der Waals surface area contributed by atoms with Crippen molar-refractivity contribution in [2.75, 3.05) is 19.3 Å². The average molecular weight is 290 g/mol. The van der Waals surface area contributed by atoms with Gasteiger partial charge in [0.2, 0.25) is 10.0 Å². The molecule has 2 N–H and O–H groups in total. The first-order valence-electron chi connectivity index (χ1n) is 6.78. The van der Waals surface area contributed by atoms with Gasteiger partial charge in [-0.1, -0.05) is 0 Å². The van der Waals surface area contributed by atoms with Crippen LogP contribution in [0.3, 0.4) is 0 Å². The summed E-state index contributed by atoms with van der Waals surface area (Å²) < 4.78 is 25.8. The van der Waals surface area contributed by atoms with E-state index in [1.54, 1.807) is 0 Å². The Labute approximate surface area is 114 Å². The predicted molar refractivity (Wildman–Crippen MR) is 71.3 cm³/mol. The lowest BCUT2D eigenvalue weighted by atomic mass is 9.91. The van der Waals surface area contributed by atoms with Gasteiger partial charge in [-0.05, 0) is 38.6 Å². The number of hydrogen-bond acceptors (Lipinski definition) is 4. The van der Waals surface area contributed by atoms with Crippen molar-refractivity contribution in [3.05, 3.63) is 0 Å². The first-order chi connectivity index (χ1) is 8.87. The van der Waals surface area contributed by atoms with Crippen molar-refractivity contribution in [2.24, 2.45) is 5.92 Å². The second-order valence-electron chi connectivity index (χ2n) is 5.70. The van der Waals surface area contributed by atoms with Crippen LogP contribution in [0.15, 0.2) is 0 Å². The Bertz CT molecular complexity index is 423. The van der Waals surface area contributed by atoms with E-state index in [0.717, 1.165) is 12.8 Å². The molecule has 2 fully saturated rings. The van der Waals surface area contributed by atoms with E-state index in [1.807, 2.05) is 0 Å². The van der Waals surface area contributed by atoms with E-state index in [-0.39, 0.29) is 12.2 Å². The fraction of sp³-hybridized carbons (Fsp3) is 0.917. The quantitative estimate of drug-likeness (QED) is 0.732. The molecular weight excluding hydrogens is 268 g/mol. The van der Waals surface area contributed by atoms with Crippen molar-refractivity contribution < 1.29 is 18.3 Å². The average Bonchev–Trinajstić information content (AvgIpc) is 2.57. The molecule has 2 rings (SSSR count). The molecule has 2 aliphatic rings. The number of rotatable bonds is 6. The minimum Gasteiger partial charge on any atom is -0.481 e. The summed E-state index contributed by atoms with van der Waals surface area (Å²) in [5.41, 5.74) is 0. The fourth-order valence-electron chi connectivity index (χ4n) is 3.23. The monoisotopic (exact) mass is 290 g/mol. The smallest absolute Gasteiger partial charge is 0.304 e. The summed E-state index contributed by atoms with van der Waals surface area (Å²) in [6, 6.07) is 1.18. The van der Waals surface area contributed by atoms with E-state index in [0.29, 0.717) is 24.5 Å². The number of sulfonamides is 1. The third kappa shape index (κ3) is 3.90. The van der Waals surface area contributed by atoms with Gasteiger partial charge in [0.1, 0.15) is 0 Å². The highest BCUT2D eigenvalue weighted by atomic mass is 32.2. The topological polar surface area (TPSA) is 86.7 Å². The van der Waals surface area contributed by atoms with E-state index in [1.165, 1.54) is 12.8 Å². The number of aliphatic carboxylic acids is 1. The second-order valence-corrected chi connectivity index (χ2v) is 7.63. The summed E-state index contributed by atoms with van der Waals surface area (Å²) in [7, 11) is -1.30. The number of hydrogen-bond donors (Lipinski definition) is 2. The summed E-state index contributed by atoms with van der Waals surface area (Å²) >= 11 is 0. The Morgan fingerprint density at radius 3 is 2.42 bits per heavy atom. The van der Waals surface area contributed by atoms with Crippen LogP contribution in [0.25, 0.3) is 0 Å². The van der Waals surface area contributed by atoms with Crippen molar-refractivity contribution in [3.8, 4) is 0 Å². The third-order valence-corrected chi connectivity index (χ3v) is 5.72. The van der Waals surface area contributed by atoms with E-state index >= 15 is 0 Å². The molecule has 2 unspecified atom stereocenters. The maximum atomic E-state index is 11.6. The molecule has 0 aromatic rings. The summed E-state index contributed by atoms with van der Waals surface area (Å²) in [5, 5.41) is 8.50. The van der Waals surface area contributed by atoms with Gasteiger partial charge < -0.3 is 10.0 Å². The van der Waals surface area contributed by atoms with Crippen LogP contribution >= 0.6 is 0 Å². The number of nitrogens with one attached hydrogen (secondary N) is 1. The maximum absolute atomic E-state index is 11.6. The molecule has 0 aliphatic carbocycles. The van der Waals surface area contributed by atoms with Gasteiger partial charge in [-0.15, -0.1) is 0 Å². The minimum absolute atomic E-state index is 0.332. The molecule has 2 aliphatic heterocycles. The third-order valence-electron chi connectivity index (χ3n) is 4.37. The van der Waals surface area contributed by atoms with Crippen LogP contribution in [0.1, 0.15) is 32.1 Å². The van der Waals surface area contributed by atoms with E-state index in [9.17, 15) is 13.2 Å². The van der Waals surface area contributed by atoms with Crippen LogP contribution in [0, 0.1) is 5.92 Å². The van der Waals surface area contributed by atoms with Gasteiger partial charge in [0, 0.05) is 18.6 Å². The largest absolute Gasteiger partial charge is 0.481 e. The van der Waals surface area contributed by atoms with Crippen molar-refractivity contribution in [1.29, 1.82) is 0 Å². The van der Waals surface area contributed by atoms with E-state index in [2.05, 4.69) is 16.7 Å². The highest BCUT2D eigenvalue weighted by Crippen LogP contribution is 2.37. The molecule has 19 heavy (non-hydrogen) atoms. The lowest BCUT2D eigenvalue weighted by molar-refractivity contribution is -0.136. The number of fused-ring (bicyclic) bond motifs is 2. The summed E-state index contributed by atoms with van der Waals surface area (Å²) in [6.07, 6.45) is 4.16. The molecule has 7 heteroatoms. The number of carbonyl (C=O) groups is 1. The molecule has 0 aromatic heterocycles. The first-order valence-corrected chi connectivity index (χ1v) is 8.43. The normalized spacial score (nSPS) is 31.5. The molecule has 0 aromatic carbocycles. The number of piperidine rings is 1. The van der Waals surface area contributed by atoms with Gasteiger partial charge in [-0.3, -0.25) is 4.79 Å². The van der Waals surface area contributed by atoms with E-state index in [4.69, 9.17) is 5.11 Å². The molecule has 0 radical (unpaired) electrons. The van der Waals surface area contributed by atoms with Crippen LogP contribution < -0.4 is 4.72 Å². The van der Waals surface area contributed by atoms with Crippen LogP contribution in [0.2, 0.25) is 0 Å². The molecule has 0 saturated carbocycles. The standard InChI is InChI=1S/C12H22N2O4S/c1-14-10-2-3-11(14)7-9(6-10)8-13-19(17,18)5-4-12(15)16/h9-11,13H,2-8H2,1H3,(H,15,16). The van der Waals surface area contributed by atoms with Gasteiger partial charge in [0.25, 0.3) is 0 Å². The van der Waals surface area contributed by atoms with E-state index < -0.39 is 16.0 Å². The van der Waals surface area contributed by atoms with Gasteiger partial charge in [0.15, 0.2) is 0 Å². The molecule has 0 amide bonds. The Balaban J connectivity index is 1.78. The Hall–Kier alpha value is -0.660. The summed E-state index contributed by atoms with van der Waals surface area (Å²) in [4.78, 5) is 12.8. The van der Waals surface area contributed by atoms with Crippen LogP contribution in [0.4, 0.5) is 0 Å². The fourth-order valence-corrected chi connectivity index (χ4v) is 4.31. The highest BCUT2D eigenvalue weighted by Gasteiger charge is 2.38. The molecule has 2 atom stereocenters. The summed E-state index contributed by atoms with van der Waals surface area (Å²) in [6.45, 7) is 0.447. The zero-order valence-electron chi connectivity index (χ0n) is 11.2. The van der Waals surface area contributed by atoms with Crippen LogP contribution in [-0.4, -0.2) is 55.8 Å². The van der Waals surface area contributed by atoms with Crippen LogP contribution in [-0.2, 0) is 14.8 Å². The predicted octanol–water partition coefficient (Wildman–Crippen LogP) is 0.253. The lowest BCUT2D eigenvalue weighted by Gasteiger charge is -2.36. The Morgan fingerprint density at radius 2 is 1.89 bits per heavy atom. The molecule has 6 nitrogen and oxygen atoms in total. The number of carboxylic acids is 1. The zero-order chi connectivity index (χ0) is 14.0. The van der Waals surface area contributed by atoms with Crippen molar-refractivity contribution in [1.82, 2.24) is 9.62 Å². The Kier molecular flexibility index (Phi) is 4.47. The highest BCUT2D eigenvalue weighted by molar-refractivity contribution is 7.89. The molecule has 2 saturated heterocycles. The zero-order valence-corrected chi connectivity index (χ0v) is 12.0. The van der Waals surface area contributed by atoms with Gasteiger partial charge in [-0.25, -0.2) is 13.1 Å². The minimum atomic E-state index is -3.45. The SMILES string of the molecule is CN1C2CCC1CC(CNS(=O)(=O)CCC(=O)O)C2. The first kappa shape index (κ1) is 14.7. The number of carboxylic acid groups (broad SMARTS) is 1. The van der Waals surface area contributed by atoms with Crippen molar-refractivity contribution >= 4 is 16.0 Å². The van der Waals surface area contributed by atoms with Gasteiger partial charge >= 0.3 is 5.97 Å². The Morgan fingerprint density at radius 1 is 1.32 bits per heavy atom. The molecule has 0 spiro atoms. The molecule has 2 heterocycles. The molecular formula is C12H22N2O4S. The van der Waals surface area contributed by atoms with Gasteiger partial charge in [-0.2, -0.15) is 0 Å². The summed E-state index contributed by atoms with van der Waals surface area (Å²) in [5.74, 6) is -1.03. The maximum Gasteiger partial charge on any atom is 0.304 e. The van der Waals surface area contributed by atoms with Crippen LogP contribution in [0.5, 0.6) is 0 Å². The second kappa shape index (κ2) is 5.76. The van der Waals surface area contributed by atoms with Gasteiger partial charge in [0.05, 0.1) is 12.2 Å². The van der Waals surface area contributed by atoms with Crippen molar-refractivity contribution in [2.45, 2.75) is 44.2 Å². The molecule has 2 bridgehead atoms. The van der Waals surface area contributed by atoms with Crippen molar-refractivity contribution in [3.63, 3.8) is 0 Å². The molecule has 110 valence electrons. The number of nitrogens with zero attached hydrogens (tertiary/aromatic N) is 1. The lowest BCUT2D eigenvalue weighted by Crippen LogP contribution is -2.43.